The van der Waals surface area contributed by atoms with Crippen LogP contribution < -0.4 is 10.2 Å². The normalized spacial score (nSPS) is 23.9. The summed E-state index contributed by atoms with van der Waals surface area (Å²) >= 11 is 1.80. The van der Waals surface area contributed by atoms with Gasteiger partial charge in [0.05, 0.1) is 12.3 Å². The minimum atomic E-state index is 0.601. The Hall–Kier alpha value is -0.650. The summed E-state index contributed by atoms with van der Waals surface area (Å²) in [5.41, 5.74) is 1.08. The second-order valence-electron chi connectivity index (χ2n) is 5.17. The molecular formula is C13H23N3OS. The second kappa shape index (κ2) is 5.99. The highest BCUT2D eigenvalue weighted by molar-refractivity contribution is 7.15. The van der Waals surface area contributed by atoms with E-state index in [2.05, 4.69) is 24.1 Å². The number of ether oxygens (including phenoxy) is 1. The number of hydrogen-bond donors (Lipinski definition) is 1. The first kappa shape index (κ1) is 13.8. The topological polar surface area (TPSA) is 37.4 Å². The van der Waals surface area contributed by atoms with Gasteiger partial charge >= 0.3 is 0 Å². The van der Waals surface area contributed by atoms with Gasteiger partial charge in [0.25, 0.3) is 0 Å². The van der Waals surface area contributed by atoms with E-state index in [4.69, 9.17) is 9.72 Å². The van der Waals surface area contributed by atoms with Gasteiger partial charge in [0.1, 0.15) is 0 Å². The maximum Gasteiger partial charge on any atom is 0.186 e. The third-order valence-electron chi connectivity index (χ3n) is 3.41. The van der Waals surface area contributed by atoms with Gasteiger partial charge in [0.2, 0.25) is 0 Å². The fraction of sp³-hybridized carbons (Fsp3) is 0.769. The average Bonchev–Trinajstić information content (AvgIpc) is 2.84. The molecule has 1 aliphatic heterocycles. The van der Waals surface area contributed by atoms with E-state index in [-0.39, 0.29) is 0 Å². The number of anilines is 1. The summed E-state index contributed by atoms with van der Waals surface area (Å²) in [5.74, 6) is 0.766. The van der Waals surface area contributed by atoms with Crippen molar-refractivity contribution in [2.24, 2.45) is 5.92 Å². The van der Waals surface area contributed by atoms with Crippen molar-refractivity contribution in [3.05, 3.63) is 10.6 Å². The second-order valence-corrected chi connectivity index (χ2v) is 6.23. The molecule has 1 saturated heterocycles. The maximum atomic E-state index is 5.24. The monoisotopic (exact) mass is 269 g/mol. The van der Waals surface area contributed by atoms with Crippen molar-refractivity contribution in [1.82, 2.24) is 10.3 Å². The zero-order valence-electron chi connectivity index (χ0n) is 11.7. The first-order valence-corrected chi connectivity index (χ1v) is 7.36. The summed E-state index contributed by atoms with van der Waals surface area (Å²) < 4.78 is 5.24. The molecule has 2 rings (SSSR count). The highest BCUT2D eigenvalue weighted by Gasteiger charge is 2.29. The molecule has 0 aliphatic carbocycles. The van der Waals surface area contributed by atoms with Crippen molar-refractivity contribution in [2.75, 3.05) is 25.6 Å². The molecule has 102 valence electrons. The Balaban J connectivity index is 2.20. The largest absolute Gasteiger partial charge is 0.378 e. The Morgan fingerprint density at radius 3 is 2.83 bits per heavy atom. The molecule has 0 spiro atoms. The number of nitrogens with zero attached hydrogens (tertiary/aromatic N) is 2. The Labute approximate surface area is 113 Å². The van der Waals surface area contributed by atoms with Crippen LogP contribution in [0.5, 0.6) is 0 Å². The van der Waals surface area contributed by atoms with E-state index in [1.165, 1.54) is 11.3 Å². The first-order valence-electron chi connectivity index (χ1n) is 6.54. The molecule has 2 atom stereocenters. The molecule has 2 heterocycles. The lowest BCUT2D eigenvalue weighted by atomic mass is 10.1. The average molecular weight is 269 g/mol. The maximum absolute atomic E-state index is 5.24. The van der Waals surface area contributed by atoms with Gasteiger partial charge in [-0.2, -0.15) is 0 Å². The van der Waals surface area contributed by atoms with Gasteiger partial charge in [0.15, 0.2) is 5.13 Å². The molecule has 1 fully saturated rings. The van der Waals surface area contributed by atoms with Crippen LogP contribution in [0, 0.1) is 5.92 Å². The molecule has 0 bridgehead atoms. The van der Waals surface area contributed by atoms with Crippen LogP contribution >= 0.6 is 11.3 Å². The number of aromatic nitrogens is 1. The highest BCUT2D eigenvalue weighted by Crippen LogP contribution is 2.33. The van der Waals surface area contributed by atoms with Crippen LogP contribution in [0.4, 0.5) is 5.13 Å². The van der Waals surface area contributed by atoms with Crippen molar-refractivity contribution in [3.63, 3.8) is 0 Å². The van der Waals surface area contributed by atoms with Crippen LogP contribution in [0.3, 0.4) is 0 Å². The van der Waals surface area contributed by atoms with Crippen molar-refractivity contribution in [2.45, 2.75) is 39.5 Å². The summed E-state index contributed by atoms with van der Waals surface area (Å²) in [4.78, 5) is 8.50. The molecule has 1 aliphatic rings. The highest BCUT2D eigenvalue weighted by atomic mass is 32.1. The lowest BCUT2D eigenvalue weighted by Crippen LogP contribution is -2.26. The predicted molar refractivity (Wildman–Crippen MR) is 76.2 cm³/mol. The smallest absolute Gasteiger partial charge is 0.186 e. The summed E-state index contributed by atoms with van der Waals surface area (Å²) in [7, 11) is 3.69. The molecule has 4 nitrogen and oxygen atoms in total. The van der Waals surface area contributed by atoms with Crippen molar-refractivity contribution < 1.29 is 4.74 Å². The van der Waals surface area contributed by atoms with Gasteiger partial charge in [0, 0.05) is 31.1 Å². The van der Waals surface area contributed by atoms with Gasteiger partial charge in [-0.1, -0.05) is 6.92 Å². The fourth-order valence-corrected chi connectivity index (χ4v) is 3.79. The molecule has 0 radical (unpaired) electrons. The van der Waals surface area contributed by atoms with Gasteiger partial charge in [-0.25, -0.2) is 4.98 Å². The molecule has 2 unspecified atom stereocenters. The number of rotatable bonds is 5. The standard InChI is InChI=1S/C13H23N3OS/c1-9-5-10(2)16(7-9)13-15-11(8-17-4)12(18-13)6-14-3/h9-10,14H,5-8H2,1-4H3. The van der Waals surface area contributed by atoms with Gasteiger partial charge < -0.3 is 15.0 Å². The molecule has 5 heteroatoms. The number of hydrogen-bond acceptors (Lipinski definition) is 5. The first-order chi connectivity index (χ1) is 8.65. The summed E-state index contributed by atoms with van der Waals surface area (Å²) in [6.45, 7) is 7.20. The van der Waals surface area contributed by atoms with Gasteiger partial charge in [-0.3, -0.25) is 0 Å². The summed E-state index contributed by atoms with van der Waals surface area (Å²) in [5, 5.41) is 4.36. The van der Waals surface area contributed by atoms with E-state index in [0.717, 1.165) is 29.8 Å². The zero-order chi connectivity index (χ0) is 13.1. The third-order valence-corrected chi connectivity index (χ3v) is 4.55. The molecule has 1 N–H and O–H groups in total. The molecule has 1 aromatic rings. The third kappa shape index (κ3) is 2.84. The minimum Gasteiger partial charge on any atom is -0.378 e. The van der Waals surface area contributed by atoms with E-state index in [1.807, 2.05) is 7.05 Å². The van der Waals surface area contributed by atoms with E-state index in [1.54, 1.807) is 18.4 Å². The van der Waals surface area contributed by atoms with Gasteiger partial charge in [-0.15, -0.1) is 11.3 Å². The predicted octanol–water partition coefficient (Wildman–Crippen LogP) is 2.24. The van der Waals surface area contributed by atoms with Crippen molar-refractivity contribution in [3.8, 4) is 0 Å². The Kier molecular flexibility index (Phi) is 4.59. The molecule has 0 saturated carbocycles. The van der Waals surface area contributed by atoms with Crippen molar-refractivity contribution in [1.29, 1.82) is 0 Å². The molecule has 0 amide bonds. The quantitative estimate of drug-likeness (QED) is 0.889. The van der Waals surface area contributed by atoms with Crippen LogP contribution in [0.2, 0.25) is 0 Å². The Morgan fingerprint density at radius 2 is 2.28 bits per heavy atom. The van der Waals surface area contributed by atoms with Crippen LogP contribution in [-0.4, -0.2) is 31.7 Å². The molecule has 1 aromatic heterocycles. The lowest BCUT2D eigenvalue weighted by Gasteiger charge is -2.20. The lowest BCUT2D eigenvalue weighted by molar-refractivity contribution is 0.181. The number of methoxy groups -OCH3 is 1. The van der Waals surface area contributed by atoms with E-state index >= 15 is 0 Å². The van der Waals surface area contributed by atoms with Crippen LogP contribution in [0.25, 0.3) is 0 Å². The van der Waals surface area contributed by atoms with Crippen LogP contribution in [-0.2, 0) is 17.9 Å². The Bertz CT molecular complexity index is 370. The molecule has 0 aromatic carbocycles. The number of thiazole rings is 1. The van der Waals surface area contributed by atoms with E-state index < -0.39 is 0 Å². The summed E-state index contributed by atoms with van der Waals surface area (Å²) in [6.07, 6.45) is 1.26. The van der Waals surface area contributed by atoms with E-state index in [0.29, 0.717) is 12.6 Å². The molecular weight excluding hydrogens is 246 g/mol. The van der Waals surface area contributed by atoms with Crippen LogP contribution in [0.1, 0.15) is 30.8 Å². The SMILES string of the molecule is CNCc1sc(N2CC(C)CC2C)nc1COC. The van der Waals surface area contributed by atoms with E-state index in [9.17, 15) is 0 Å². The molecule has 18 heavy (non-hydrogen) atoms. The van der Waals surface area contributed by atoms with Crippen LogP contribution in [0.15, 0.2) is 0 Å². The zero-order valence-corrected chi connectivity index (χ0v) is 12.5. The van der Waals surface area contributed by atoms with Crippen molar-refractivity contribution >= 4 is 16.5 Å². The Morgan fingerprint density at radius 1 is 1.50 bits per heavy atom. The van der Waals surface area contributed by atoms with Gasteiger partial charge in [-0.05, 0) is 26.3 Å². The number of nitrogens with one attached hydrogen (secondary N) is 1. The minimum absolute atomic E-state index is 0.601. The summed E-state index contributed by atoms with van der Waals surface area (Å²) in [6, 6.07) is 0.601. The fourth-order valence-electron chi connectivity index (χ4n) is 2.61.